The smallest absolute Gasteiger partial charge is 0.318 e. The number of carbonyl (C=O) groups is 1. The molecular weight excluding hydrogens is 242 g/mol. The van der Waals surface area contributed by atoms with Crippen molar-refractivity contribution in [2.75, 3.05) is 6.54 Å². The van der Waals surface area contributed by atoms with Crippen LogP contribution in [-0.2, 0) is 19.7 Å². The van der Waals surface area contributed by atoms with Crippen molar-refractivity contribution in [1.29, 1.82) is 0 Å². The number of benzene rings is 1. The van der Waals surface area contributed by atoms with Gasteiger partial charge in [-0.15, -0.1) is 0 Å². The molecule has 0 saturated carbocycles. The molecule has 1 aromatic rings. The van der Waals surface area contributed by atoms with Crippen LogP contribution >= 0.6 is 0 Å². The number of hydrogen-bond acceptors (Lipinski definition) is 4. The minimum Gasteiger partial charge on any atom is -0.459 e. The summed E-state index contributed by atoms with van der Waals surface area (Å²) in [7, 11) is 0. The quantitative estimate of drug-likeness (QED) is 0.838. The minimum absolute atomic E-state index is 0.0562. The van der Waals surface area contributed by atoms with Crippen molar-refractivity contribution in [3.8, 4) is 0 Å². The number of carbonyl (C=O) groups excluding carboxylic acids is 2. The Hall–Kier alpha value is -1.68. The minimum atomic E-state index is -1.05. The largest absolute Gasteiger partial charge is 0.459 e. The van der Waals surface area contributed by atoms with Gasteiger partial charge in [0, 0.05) is 12.1 Å². The first-order chi connectivity index (χ1) is 8.74. The van der Waals surface area contributed by atoms with Crippen molar-refractivity contribution in [2.24, 2.45) is 5.73 Å². The Balaban J connectivity index is 3.23. The standard InChI is InChI=1S/C15H20NO3/c1-14(2,3)19-13(18)15(4,10-16)12-8-6-5-7-11(12)9-17/h5-8H,10,16H2,1-4H3. The van der Waals surface area contributed by atoms with Crippen molar-refractivity contribution >= 4 is 12.3 Å². The fourth-order valence-electron chi connectivity index (χ4n) is 1.75. The van der Waals surface area contributed by atoms with Crippen molar-refractivity contribution < 1.29 is 14.3 Å². The molecular formula is C15H20NO3. The normalized spacial score (nSPS) is 14.6. The predicted molar refractivity (Wildman–Crippen MR) is 73.5 cm³/mol. The molecule has 1 atom stereocenters. The second-order valence-corrected chi connectivity index (χ2v) is 5.69. The van der Waals surface area contributed by atoms with E-state index in [4.69, 9.17) is 10.5 Å². The Bertz CT molecular complexity index is 477. The van der Waals surface area contributed by atoms with Crippen LogP contribution in [0.5, 0.6) is 0 Å². The number of hydrogen-bond donors (Lipinski definition) is 1. The van der Waals surface area contributed by atoms with E-state index in [9.17, 15) is 9.59 Å². The second-order valence-electron chi connectivity index (χ2n) is 5.69. The third-order valence-electron chi connectivity index (χ3n) is 2.89. The third-order valence-corrected chi connectivity index (χ3v) is 2.89. The summed E-state index contributed by atoms with van der Waals surface area (Å²) in [6, 6.07) is 6.79. The molecule has 0 aromatic heterocycles. The fourth-order valence-corrected chi connectivity index (χ4v) is 1.75. The van der Waals surface area contributed by atoms with E-state index in [0.717, 1.165) is 0 Å². The van der Waals surface area contributed by atoms with Crippen molar-refractivity contribution in [3.05, 3.63) is 35.4 Å². The Morgan fingerprint density at radius 3 is 2.32 bits per heavy atom. The first kappa shape index (κ1) is 15.4. The van der Waals surface area contributed by atoms with E-state index in [1.165, 1.54) is 0 Å². The van der Waals surface area contributed by atoms with Gasteiger partial charge in [-0.25, -0.2) is 0 Å². The van der Waals surface area contributed by atoms with Crippen LogP contribution in [0.4, 0.5) is 0 Å². The Kier molecular flexibility index (Phi) is 4.48. The van der Waals surface area contributed by atoms with Crippen LogP contribution in [0, 0.1) is 0 Å². The van der Waals surface area contributed by atoms with Gasteiger partial charge >= 0.3 is 5.97 Å². The zero-order valence-electron chi connectivity index (χ0n) is 11.8. The van der Waals surface area contributed by atoms with Gasteiger partial charge in [0.1, 0.15) is 11.0 Å². The van der Waals surface area contributed by atoms with Crippen LogP contribution in [0.3, 0.4) is 0 Å². The number of nitrogens with two attached hydrogens (primary N) is 1. The van der Waals surface area contributed by atoms with Gasteiger partial charge in [-0.1, -0.05) is 24.3 Å². The average Bonchev–Trinajstić information content (AvgIpc) is 2.35. The van der Waals surface area contributed by atoms with Crippen molar-refractivity contribution in [2.45, 2.75) is 38.7 Å². The van der Waals surface area contributed by atoms with E-state index in [1.807, 2.05) is 6.29 Å². The highest BCUT2D eigenvalue weighted by Crippen LogP contribution is 2.28. The van der Waals surface area contributed by atoms with Crippen LogP contribution in [0.15, 0.2) is 24.3 Å². The summed E-state index contributed by atoms with van der Waals surface area (Å²) in [6.07, 6.45) is 1.84. The van der Waals surface area contributed by atoms with Crippen molar-refractivity contribution in [3.63, 3.8) is 0 Å². The SMILES string of the molecule is CC(C)(C)OC(=O)C(C)(CN)c1ccccc1[C]=O. The Morgan fingerprint density at radius 2 is 1.84 bits per heavy atom. The molecule has 1 radical (unpaired) electrons. The molecule has 4 heteroatoms. The second kappa shape index (κ2) is 5.53. The van der Waals surface area contributed by atoms with Crippen LogP contribution in [0.1, 0.15) is 38.8 Å². The van der Waals surface area contributed by atoms with E-state index in [0.29, 0.717) is 11.1 Å². The zero-order valence-corrected chi connectivity index (χ0v) is 11.8. The maximum absolute atomic E-state index is 12.3. The molecule has 103 valence electrons. The lowest BCUT2D eigenvalue weighted by Gasteiger charge is -2.31. The predicted octanol–water partition coefficient (Wildman–Crippen LogP) is 1.70. The van der Waals surface area contributed by atoms with Gasteiger partial charge in [-0.05, 0) is 33.3 Å². The fraction of sp³-hybridized carbons (Fsp3) is 0.467. The van der Waals surface area contributed by atoms with Crippen LogP contribution in [-0.4, -0.2) is 24.4 Å². The topological polar surface area (TPSA) is 69.4 Å². The molecule has 1 aromatic carbocycles. The van der Waals surface area contributed by atoms with Gasteiger partial charge < -0.3 is 10.5 Å². The molecule has 4 nitrogen and oxygen atoms in total. The van der Waals surface area contributed by atoms with Gasteiger partial charge in [-0.3, -0.25) is 9.59 Å². The maximum Gasteiger partial charge on any atom is 0.318 e. The number of ether oxygens (including phenoxy) is 1. The molecule has 0 spiro atoms. The molecule has 1 unspecified atom stereocenters. The lowest BCUT2D eigenvalue weighted by molar-refractivity contribution is -0.161. The Morgan fingerprint density at radius 1 is 1.26 bits per heavy atom. The molecule has 1 rings (SSSR count). The van der Waals surface area contributed by atoms with Gasteiger partial charge in [0.05, 0.1) is 0 Å². The number of rotatable bonds is 4. The van der Waals surface area contributed by atoms with Crippen LogP contribution in [0.2, 0.25) is 0 Å². The highest BCUT2D eigenvalue weighted by Gasteiger charge is 2.39. The summed E-state index contributed by atoms with van der Waals surface area (Å²) in [4.78, 5) is 23.3. The monoisotopic (exact) mass is 262 g/mol. The average molecular weight is 262 g/mol. The summed E-state index contributed by atoms with van der Waals surface area (Å²) in [5, 5.41) is 0. The van der Waals surface area contributed by atoms with Gasteiger partial charge in [0.25, 0.3) is 0 Å². The summed E-state index contributed by atoms with van der Waals surface area (Å²) < 4.78 is 5.40. The molecule has 0 fully saturated rings. The summed E-state index contributed by atoms with van der Waals surface area (Å²) in [5.41, 5.74) is 4.97. The molecule has 2 N–H and O–H groups in total. The van der Waals surface area contributed by atoms with E-state index in [2.05, 4.69) is 0 Å². The molecule has 0 bridgehead atoms. The number of esters is 1. The van der Waals surface area contributed by atoms with Gasteiger partial charge in [-0.2, -0.15) is 0 Å². The molecule has 0 heterocycles. The highest BCUT2D eigenvalue weighted by atomic mass is 16.6. The van der Waals surface area contributed by atoms with Crippen LogP contribution in [0.25, 0.3) is 0 Å². The molecule has 0 aliphatic rings. The third kappa shape index (κ3) is 3.41. The van der Waals surface area contributed by atoms with E-state index >= 15 is 0 Å². The first-order valence-electron chi connectivity index (χ1n) is 6.16. The maximum atomic E-state index is 12.3. The highest BCUT2D eigenvalue weighted by molar-refractivity contribution is 5.88. The summed E-state index contributed by atoms with van der Waals surface area (Å²) in [6.45, 7) is 7.11. The molecule has 19 heavy (non-hydrogen) atoms. The van der Waals surface area contributed by atoms with Crippen molar-refractivity contribution in [1.82, 2.24) is 0 Å². The molecule has 0 aliphatic carbocycles. The van der Waals surface area contributed by atoms with E-state index in [1.54, 1.807) is 52.0 Å². The Labute approximate surface area is 113 Å². The molecule has 0 saturated heterocycles. The van der Waals surface area contributed by atoms with Gasteiger partial charge in [0.2, 0.25) is 6.29 Å². The lowest BCUT2D eigenvalue weighted by Crippen LogP contribution is -2.45. The van der Waals surface area contributed by atoms with E-state index in [-0.39, 0.29) is 6.54 Å². The zero-order chi connectivity index (χ0) is 14.7. The summed E-state index contributed by atoms with van der Waals surface area (Å²) >= 11 is 0. The van der Waals surface area contributed by atoms with Crippen LogP contribution < -0.4 is 5.73 Å². The summed E-state index contributed by atoms with van der Waals surface area (Å²) in [5.74, 6) is -0.440. The molecule has 0 aliphatic heterocycles. The lowest BCUT2D eigenvalue weighted by atomic mass is 9.80. The van der Waals surface area contributed by atoms with Gasteiger partial charge in [0.15, 0.2) is 0 Å². The molecule has 0 amide bonds. The van der Waals surface area contributed by atoms with E-state index < -0.39 is 17.0 Å². The first-order valence-corrected chi connectivity index (χ1v) is 6.16.